The normalized spacial score (nSPS) is 27.0. The van der Waals surface area contributed by atoms with Crippen LogP contribution in [0.5, 0.6) is 0 Å². The Morgan fingerprint density at radius 2 is 1.43 bits per heavy atom. The minimum Gasteiger partial charge on any atom is -0.388 e. The molecule has 2 aliphatic rings. The molecular formula is C18H38N4O. The molecule has 0 radical (unpaired) electrons. The number of rotatable bonds is 7. The Bertz CT molecular complexity index is 336. The van der Waals surface area contributed by atoms with Crippen LogP contribution in [0.3, 0.4) is 0 Å². The lowest BCUT2D eigenvalue weighted by Gasteiger charge is -2.41. The van der Waals surface area contributed by atoms with Gasteiger partial charge < -0.3 is 26.4 Å². The van der Waals surface area contributed by atoms with Gasteiger partial charge in [0.1, 0.15) is 0 Å². The Labute approximate surface area is 142 Å². The maximum Gasteiger partial charge on any atom is 0.0793 e. The van der Waals surface area contributed by atoms with Crippen LogP contribution in [0.25, 0.3) is 0 Å². The van der Waals surface area contributed by atoms with Crippen molar-refractivity contribution < 1.29 is 5.11 Å². The monoisotopic (exact) mass is 326 g/mol. The predicted octanol–water partition coefficient (Wildman–Crippen LogP) is 1.000. The Morgan fingerprint density at radius 3 is 1.87 bits per heavy atom. The molecule has 0 spiro atoms. The van der Waals surface area contributed by atoms with E-state index in [1.165, 1.54) is 38.8 Å². The van der Waals surface area contributed by atoms with Crippen LogP contribution >= 0.6 is 0 Å². The molecular weight excluding hydrogens is 288 g/mol. The quantitative estimate of drug-likeness (QED) is 0.650. The zero-order valence-corrected chi connectivity index (χ0v) is 15.2. The summed E-state index contributed by atoms with van der Waals surface area (Å²) in [6, 6.07) is 1.27. The topological polar surface area (TPSA) is 78.8 Å². The maximum absolute atomic E-state index is 10.2. The average Bonchev–Trinajstić information content (AvgIpc) is 2.60. The molecule has 136 valence electrons. The van der Waals surface area contributed by atoms with Gasteiger partial charge in [-0.25, -0.2) is 0 Å². The van der Waals surface area contributed by atoms with Crippen molar-refractivity contribution in [3.8, 4) is 0 Å². The lowest BCUT2D eigenvalue weighted by molar-refractivity contribution is -0.0236. The zero-order chi connectivity index (χ0) is 16.9. The molecule has 0 aliphatic carbocycles. The summed E-state index contributed by atoms with van der Waals surface area (Å²) in [5.41, 5.74) is 10.8. The molecule has 2 saturated heterocycles. The van der Waals surface area contributed by atoms with Crippen LogP contribution in [0, 0.1) is 5.92 Å². The molecule has 0 saturated carbocycles. The maximum atomic E-state index is 10.2. The first kappa shape index (κ1) is 19.1. The fraction of sp³-hybridized carbons (Fsp3) is 1.00. The van der Waals surface area contributed by atoms with E-state index in [4.69, 9.17) is 11.5 Å². The highest BCUT2D eigenvalue weighted by molar-refractivity contribution is 4.88. The Hall–Kier alpha value is -0.200. The van der Waals surface area contributed by atoms with Crippen molar-refractivity contribution in [1.82, 2.24) is 9.80 Å². The molecule has 2 rings (SSSR count). The van der Waals surface area contributed by atoms with Gasteiger partial charge in [-0.3, -0.25) is 0 Å². The third-order valence-electron chi connectivity index (χ3n) is 6.34. The highest BCUT2D eigenvalue weighted by atomic mass is 16.3. The Kier molecular flexibility index (Phi) is 7.29. The number of nitrogens with zero attached hydrogens (tertiary/aromatic N) is 2. The fourth-order valence-corrected chi connectivity index (χ4v) is 4.06. The molecule has 2 aliphatic heterocycles. The van der Waals surface area contributed by atoms with E-state index >= 15 is 0 Å². The van der Waals surface area contributed by atoms with Crippen LogP contribution in [-0.2, 0) is 0 Å². The molecule has 5 nitrogen and oxygen atoms in total. The highest BCUT2D eigenvalue weighted by Crippen LogP contribution is 2.25. The predicted molar refractivity (Wildman–Crippen MR) is 96.3 cm³/mol. The summed E-state index contributed by atoms with van der Waals surface area (Å²) in [6.45, 7) is 10.3. The summed E-state index contributed by atoms with van der Waals surface area (Å²) >= 11 is 0. The number of piperidine rings is 2. The van der Waals surface area contributed by atoms with Crippen LogP contribution < -0.4 is 11.5 Å². The first-order chi connectivity index (χ1) is 11.0. The first-order valence-electron chi connectivity index (χ1n) is 9.58. The minimum absolute atomic E-state index is 0.394. The molecule has 0 aromatic heterocycles. The molecule has 2 heterocycles. The fourth-order valence-electron chi connectivity index (χ4n) is 4.06. The van der Waals surface area contributed by atoms with E-state index in [0.717, 1.165) is 38.4 Å². The lowest BCUT2D eigenvalue weighted by atomic mass is 9.90. The van der Waals surface area contributed by atoms with Crippen LogP contribution in [0.4, 0.5) is 0 Å². The molecule has 0 bridgehead atoms. The van der Waals surface area contributed by atoms with Crippen LogP contribution in [0.2, 0.25) is 0 Å². The summed E-state index contributed by atoms with van der Waals surface area (Å²) in [7, 11) is 0. The molecule has 2 atom stereocenters. The van der Waals surface area contributed by atoms with Gasteiger partial charge in [-0.15, -0.1) is 0 Å². The van der Waals surface area contributed by atoms with Gasteiger partial charge in [0.25, 0.3) is 0 Å². The molecule has 2 fully saturated rings. The third-order valence-corrected chi connectivity index (χ3v) is 6.34. The van der Waals surface area contributed by atoms with Crippen molar-refractivity contribution in [3.63, 3.8) is 0 Å². The van der Waals surface area contributed by atoms with Gasteiger partial charge in [-0.05, 0) is 77.9 Å². The number of hydrogen-bond acceptors (Lipinski definition) is 5. The number of hydrogen-bond donors (Lipinski definition) is 3. The number of nitrogens with two attached hydrogens (primary N) is 2. The van der Waals surface area contributed by atoms with Gasteiger partial charge in [-0.2, -0.15) is 0 Å². The molecule has 2 unspecified atom stereocenters. The van der Waals surface area contributed by atoms with E-state index < -0.39 is 5.60 Å². The van der Waals surface area contributed by atoms with E-state index in [-0.39, 0.29) is 0 Å². The molecule has 0 amide bonds. The van der Waals surface area contributed by atoms with Crippen LogP contribution in [0.15, 0.2) is 0 Å². The van der Waals surface area contributed by atoms with Crippen molar-refractivity contribution >= 4 is 0 Å². The Morgan fingerprint density at radius 1 is 0.957 bits per heavy atom. The summed E-state index contributed by atoms with van der Waals surface area (Å²) in [5.74, 6) is 0.743. The first-order valence-corrected chi connectivity index (χ1v) is 9.58. The molecule has 5 N–H and O–H groups in total. The third kappa shape index (κ3) is 5.40. The van der Waals surface area contributed by atoms with Crippen LogP contribution in [0.1, 0.15) is 52.4 Å². The van der Waals surface area contributed by atoms with Crippen molar-refractivity contribution in [2.24, 2.45) is 17.4 Å². The summed E-state index contributed by atoms with van der Waals surface area (Å²) in [6.07, 6.45) is 6.65. The smallest absolute Gasteiger partial charge is 0.0793 e. The van der Waals surface area contributed by atoms with Crippen molar-refractivity contribution in [2.45, 2.75) is 70.1 Å². The van der Waals surface area contributed by atoms with E-state index in [2.05, 4.69) is 23.6 Å². The minimum atomic E-state index is -0.614. The van der Waals surface area contributed by atoms with Gasteiger partial charge in [0, 0.05) is 31.7 Å². The standard InChI is InChI=1S/C18H38N4O/c1-15(21-9-5-17(13-19)6-10-21)3-4-16(2)22-11-7-18(23,14-20)8-12-22/h15-17,23H,3-14,19-20H2,1-2H3. The summed E-state index contributed by atoms with van der Waals surface area (Å²) < 4.78 is 0. The molecule has 0 aromatic rings. The zero-order valence-electron chi connectivity index (χ0n) is 15.2. The van der Waals surface area contributed by atoms with Crippen molar-refractivity contribution in [1.29, 1.82) is 0 Å². The van der Waals surface area contributed by atoms with E-state index in [1.807, 2.05) is 0 Å². The van der Waals surface area contributed by atoms with E-state index in [9.17, 15) is 5.11 Å². The molecule has 0 aromatic carbocycles. The summed E-state index contributed by atoms with van der Waals surface area (Å²) in [4.78, 5) is 5.17. The van der Waals surface area contributed by atoms with Crippen molar-refractivity contribution in [2.75, 3.05) is 39.3 Å². The molecule has 5 heteroatoms. The Balaban J connectivity index is 1.67. The second-order valence-corrected chi connectivity index (χ2v) is 7.95. The number of likely N-dealkylation sites (tertiary alicyclic amines) is 2. The second kappa shape index (κ2) is 8.77. The lowest BCUT2D eigenvalue weighted by Crippen LogP contribution is -2.51. The van der Waals surface area contributed by atoms with Gasteiger partial charge in [0.2, 0.25) is 0 Å². The SMILES string of the molecule is CC(CCC(C)N1CCC(O)(CN)CC1)N1CCC(CN)CC1. The average molecular weight is 327 g/mol. The molecule has 23 heavy (non-hydrogen) atoms. The second-order valence-electron chi connectivity index (χ2n) is 7.95. The van der Waals surface area contributed by atoms with Gasteiger partial charge in [0.05, 0.1) is 5.60 Å². The van der Waals surface area contributed by atoms with E-state index in [0.29, 0.717) is 18.6 Å². The van der Waals surface area contributed by atoms with Crippen molar-refractivity contribution in [3.05, 3.63) is 0 Å². The van der Waals surface area contributed by atoms with Gasteiger partial charge >= 0.3 is 0 Å². The number of aliphatic hydroxyl groups is 1. The van der Waals surface area contributed by atoms with E-state index in [1.54, 1.807) is 0 Å². The van der Waals surface area contributed by atoms with Crippen LogP contribution in [-0.4, -0.2) is 71.9 Å². The van der Waals surface area contributed by atoms with Gasteiger partial charge in [-0.1, -0.05) is 0 Å². The largest absolute Gasteiger partial charge is 0.388 e. The highest BCUT2D eigenvalue weighted by Gasteiger charge is 2.32. The summed E-state index contributed by atoms with van der Waals surface area (Å²) in [5, 5.41) is 10.2. The van der Waals surface area contributed by atoms with Gasteiger partial charge in [0.15, 0.2) is 0 Å².